The average Bonchev–Trinajstić information content (AvgIpc) is 3.20. The largest absolute Gasteiger partial charge is 0.335 e. The molecule has 0 bridgehead atoms. The molecule has 3 amide bonds. The second-order valence-electron chi connectivity index (χ2n) is 5.28. The first-order valence-corrected chi connectivity index (χ1v) is 7.09. The van der Waals surface area contributed by atoms with Crippen molar-refractivity contribution in [3.05, 3.63) is 42.1 Å². The zero-order valence-electron chi connectivity index (χ0n) is 12.2. The molecule has 1 saturated carbocycles. The molecule has 22 heavy (non-hydrogen) atoms. The van der Waals surface area contributed by atoms with Crippen molar-refractivity contribution in [2.45, 2.75) is 18.9 Å². The van der Waals surface area contributed by atoms with Crippen molar-refractivity contribution in [1.29, 1.82) is 0 Å². The lowest BCUT2D eigenvalue weighted by molar-refractivity contribution is 0.102. The fraction of sp³-hybridized carbons (Fsp3) is 0.267. The van der Waals surface area contributed by atoms with Crippen molar-refractivity contribution < 1.29 is 9.59 Å². The number of urea groups is 1. The zero-order valence-corrected chi connectivity index (χ0v) is 12.2. The molecule has 7 nitrogen and oxygen atoms in total. The summed E-state index contributed by atoms with van der Waals surface area (Å²) in [5.74, 6) is 0.210. The number of hydrogen-bond donors (Lipinski definition) is 3. The molecule has 1 heterocycles. The number of nitrogens with one attached hydrogen (secondary N) is 3. The van der Waals surface area contributed by atoms with Crippen molar-refractivity contribution in [3.8, 4) is 0 Å². The molecule has 7 heteroatoms. The highest BCUT2D eigenvalue weighted by Gasteiger charge is 2.23. The van der Waals surface area contributed by atoms with E-state index < -0.39 is 0 Å². The van der Waals surface area contributed by atoms with Gasteiger partial charge < -0.3 is 16.0 Å². The van der Waals surface area contributed by atoms with E-state index in [1.807, 2.05) is 0 Å². The summed E-state index contributed by atoms with van der Waals surface area (Å²) in [5.41, 5.74) is 1.03. The van der Waals surface area contributed by atoms with Gasteiger partial charge in [0.05, 0.1) is 0 Å². The van der Waals surface area contributed by atoms with Gasteiger partial charge in [-0.15, -0.1) is 0 Å². The number of carbonyl (C=O) groups excluding carboxylic acids is 2. The van der Waals surface area contributed by atoms with E-state index in [0.717, 1.165) is 12.8 Å². The lowest BCUT2D eigenvalue weighted by atomic mass is 10.2. The molecule has 114 valence electrons. The van der Waals surface area contributed by atoms with E-state index in [1.165, 1.54) is 0 Å². The second kappa shape index (κ2) is 5.88. The van der Waals surface area contributed by atoms with Crippen molar-refractivity contribution in [1.82, 2.24) is 15.1 Å². The molecule has 1 aromatic carbocycles. The van der Waals surface area contributed by atoms with Crippen LogP contribution in [-0.2, 0) is 7.05 Å². The van der Waals surface area contributed by atoms with Gasteiger partial charge in [0.25, 0.3) is 5.91 Å². The van der Waals surface area contributed by atoms with Crippen LogP contribution in [0, 0.1) is 0 Å². The number of anilines is 2. The predicted octanol–water partition coefficient (Wildman–Crippen LogP) is 1.96. The van der Waals surface area contributed by atoms with E-state index in [9.17, 15) is 9.59 Å². The smallest absolute Gasteiger partial charge is 0.319 e. The van der Waals surface area contributed by atoms with Crippen LogP contribution in [0.15, 0.2) is 36.5 Å². The van der Waals surface area contributed by atoms with Crippen molar-refractivity contribution in [2.24, 2.45) is 7.05 Å². The topological polar surface area (TPSA) is 88.0 Å². The maximum Gasteiger partial charge on any atom is 0.319 e. The summed E-state index contributed by atoms with van der Waals surface area (Å²) in [6, 6.07) is 8.53. The summed E-state index contributed by atoms with van der Waals surface area (Å²) in [4.78, 5) is 23.9. The molecule has 0 radical (unpaired) electrons. The Morgan fingerprint density at radius 1 is 1.23 bits per heavy atom. The summed E-state index contributed by atoms with van der Waals surface area (Å²) in [5, 5.41) is 12.4. The van der Waals surface area contributed by atoms with Crippen LogP contribution in [0.3, 0.4) is 0 Å². The van der Waals surface area contributed by atoms with E-state index in [-0.39, 0.29) is 18.0 Å². The summed E-state index contributed by atoms with van der Waals surface area (Å²) >= 11 is 0. The van der Waals surface area contributed by atoms with Crippen molar-refractivity contribution in [3.63, 3.8) is 0 Å². The first-order valence-electron chi connectivity index (χ1n) is 7.09. The molecule has 1 aliphatic carbocycles. The molecule has 1 aliphatic rings. The lowest BCUT2D eigenvalue weighted by Gasteiger charge is -2.08. The van der Waals surface area contributed by atoms with E-state index in [2.05, 4.69) is 21.0 Å². The predicted molar refractivity (Wildman–Crippen MR) is 82.8 cm³/mol. The van der Waals surface area contributed by atoms with Crippen LogP contribution in [-0.4, -0.2) is 27.8 Å². The normalized spacial score (nSPS) is 13.5. The quantitative estimate of drug-likeness (QED) is 0.806. The molecule has 3 rings (SSSR count). The number of aromatic nitrogens is 2. The first-order chi connectivity index (χ1) is 10.6. The highest BCUT2D eigenvalue weighted by molar-refractivity contribution is 6.04. The Labute approximate surface area is 127 Å². The summed E-state index contributed by atoms with van der Waals surface area (Å²) in [7, 11) is 1.78. The van der Waals surface area contributed by atoms with Crippen molar-refractivity contribution in [2.75, 3.05) is 10.6 Å². The van der Waals surface area contributed by atoms with Crippen LogP contribution >= 0.6 is 0 Å². The van der Waals surface area contributed by atoms with Gasteiger partial charge in [0, 0.05) is 36.6 Å². The third-order valence-corrected chi connectivity index (χ3v) is 3.25. The lowest BCUT2D eigenvalue weighted by Crippen LogP contribution is -2.30. The van der Waals surface area contributed by atoms with Gasteiger partial charge in [-0.2, -0.15) is 5.10 Å². The number of amides is 3. The van der Waals surface area contributed by atoms with Crippen LogP contribution in [0.1, 0.15) is 23.2 Å². The minimum atomic E-state index is -0.273. The second-order valence-corrected chi connectivity index (χ2v) is 5.28. The van der Waals surface area contributed by atoms with Crippen LogP contribution in [0.5, 0.6) is 0 Å². The Bertz CT molecular complexity index is 705. The van der Waals surface area contributed by atoms with Gasteiger partial charge in [0.2, 0.25) is 0 Å². The molecular formula is C15H17N5O2. The van der Waals surface area contributed by atoms with E-state index >= 15 is 0 Å². The van der Waals surface area contributed by atoms with Gasteiger partial charge in [-0.1, -0.05) is 6.07 Å². The zero-order chi connectivity index (χ0) is 15.5. The Hall–Kier alpha value is -2.83. The minimum absolute atomic E-state index is 0.246. The molecule has 0 aliphatic heterocycles. The number of rotatable bonds is 4. The molecule has 0 saturated heterocycles. The van der Waals surface area contributed by atoms with Gasteiger partial charge in [-0.05, 0) is 31.0 Å². The number of nitrogens with zero attached hydrogens (tertiary/aromatic N) is 2. The van der Waals surface area contributed by atoms with Gasteiger partial charge in [-0.25, -0.2) is 4.79 Å². The number of benzene rings is 1. The fourth-order valence-corrected chi connectivity index (χ4v) is 1.99. The summed E-state index contributed by atoms with van der Waals surface area (Å²) in [6.45, 7) is 0. The first kappa shape index (κ1) is 14.1. The van der Waals surface area contributed by atoms with E-state index in [0.29, 0.717) is 17.1 Å². The van der Waals surface area contributed by atoms with Gasteiger partial charge in [-0.3, -0.25) is 9.48 Å². The molecular weight excluding hydrogens is 282 g/mol. The Kier molecular flexibility index (Phi) is 3.78. The molecule has 1 aromatic heterocycles. The Balaban J connectivity index is 1.64. The summed E-state index contributed by atoms with van der Waals surface area (Å²) in [6.07, 6.45) is 3.80. The SMILES string of the molecule is Cn1ccc(NC(=O)c2cccc(NC(=O)NC3CC3)c2)n1. The van der Waals surface area contributed by atoms with Crippen molar-refractivity contribution >= 4 is 23.4 Å². The third-order valence-electron chi connectivity index (χ3n) is 3.25. The van der Waals surface area contributed by atoms with Gasteiger partial charge >= 0.3 is 6.03 Å². The highest BCUT2D eigenvalue weighted by atomic mass is 16.2. The molecule has 1 fully saturated rings. The van der Waals surface area contributed by atoms with Gasteiger partial charge in [0.15, 0.2) is 5.82 Å². The molecule has 0 unspecified atom stereocenters. The Morgan fingerprint density at radius 2 is 2.05 bits per heavy atom. The summed E-state index contributed by atoms with van der Waals surface area (Å²) < 4.78 is 1.61. The van der Waals surface area contributed by atoms with Crippen LogP contribution in [0.4, 0.5) is 16.3 Å². The maximum absolute atomic E-state index is 12.2. The monoisotopic (exact) mass is 299 g/mol. The molecule has 3 N–H and O–H groups in total. The Morgan fingerprint density at radius 3 is 2.73 bits per heavy atom. The molecule has 0 atom stereocenters. The number of carbonyl (C=O) groups is 2. The number of hydrogen-bond acceptors (Lipinski definition) is 3. The van der Waals surface area contributed by atoms with Crippen LogP contribution in [0.2, 0.25) is 0 Å². The average molecular weight is 299 g/mol. The maximum atomic E-state index is 12.2. The standard InChI is InChI=1S/C15H17N5O2/c1-20-8-7-13(19-20)18-14(21)10-3-2-4-12(9-10)17-15(22)16-11-5-6-11/h2-4,7-9,11H,5-6H2,1H3,(H2,16,17,22)(H,18,19,21). The molecule has 0 spiro atoms. The van der Waals surface area contributed by atoms with Crippen LogP contribution < -0.4 is 16.0 Å². The van der Waals surface area contributed by atoms with Gasteiger partial charge in [0.1, 0.15) is 0 Å². The van der Waals surface area contributed by atoms with Crippen LogP contribution in [0.25, 0.3) is 0 Å². The van der Waals surface area contributed by atoms with E-state index in [4.69, 9.17) is 0 Å². The third kappa shape index (κ3) is 3.63. The molecule has 2 aromatic rings. The van der Waals surface area contributed by atoms with E-state index in [1.54, 1.807) is 48.3 Å². The number of aryl methyl sites for hydroxylation is 1. The minimum Gasteiger partial charge on any atom is -0.335 e. The fourth-order valence-electron chi connectivity index (χ4n) is 1.99. The highest BCUT2D eigenvalue weighted by Crippen LogP contribution is 2.19.